The molecule has 2 unspecified atom stereocenters. The van der Waals surface area contributed by atoms with Gasteiger partial charge in [-0.25, -0.2) is 14.8 Å². The number of ether oxygens (including phenoxy) is 2. The van der Waals surface area contributed by atoms with Crippen LogP contribution >= 0.6 is 34.7 Å². The van der Waals surface area contributed by atoms with Crippen LogP contribution in [0.5, 0.6) is 0 Å². The number of hydrogen-bond acceptors (Lipinski definition) is 9. The summed E-state index contributed by atoms with van der Waals surface area (Å²) in [4.78, 5) is 25.1. The van der Waals surface area contributed by atoms with E-state index < -0.39 is 0 Å². The molecular formula is C30H28ClN5O3S2. The lowest BCUT2D eigenvalue weighted by Crippen LogP contribution is -2.42. The molecule has 11 heteroatoms. The van der Waals surface area contributed by atoms with Crippen LogP contribution in [0.2, 0.25) is 5.02 Å². The van der Waals surface area contributed by atoms with Gasteiger partial charge >= 0.3 is 6.09 Å². The summed E-state index contributed by atoms with van der Waals surface area (Å²) in [7, 11) is 0. The SMILES string of the molecule is O=C(OC1CNC(C#Cc2cc3ncnc(Nc4ccc(CSc5ccccc5)c(Cl)c4)c3s2)C1)N1CCOCC1. The number of morpholine rings is 1. The van der Waals surface area contributed by atoms with Crippen molar-refractivity contribution in [2.24, 2.45) is 0 Å². The maximum absolute atomic E-state index is 12.4. The third-order valence-corrected chi connectivity index (χ3v) is 9.22. The number of carbonyl (C=O) groups excluding carboxylic acids is 1. The number of hydrogen-bond donors (Lipinski definition) is 2. The van der Waals surface area contributed by atoms with E-state index in [9.17, 15) is 4.79 Å². The highest BCUT2D eigenvalue weighted by Crippen LogP contribution is 2.33. The van der Waals surface area contributed by atoms with E-state index >= 15 is 0 Å². The first kappa shape index (κ1) is 27.8. The number of fused-ring (bicyclic) bond motifs is 1. The number of aromatic nitrogens is 2. The minimum absolute atomic E-state index is 0.0490. The molecule has 2 saturated heterocycles. The van der Waals surface area contributed by atoms with Gasteiger partial charge in [-0.15, -0.1) is 23.1 Å². The number of halogens is 1. The van der Waals surface area contributed by atoms with Crippen LogP contribution in [0, 0.1) is 11.8 Å². The summed E-state index contributed by atoms with van der Waals surface area (Å²) in [5.74, 6) is 8.06. The molecule has 0 aliphatic carbocycles. The van der Waals surface area contributed by atoms with Crippen molar-refractivity contribution in [1.82, 2.24) is 20.2 Å². The molecule has 2 aliphatic heterocycles. The van der Waals surface area contributed by atoms with Crippen LogP contribution in [-0.4, -0.2) is 66.0 Å². The number of thiophene rings is 1. The van der Waals surface area contributed by atoms with Gasteiger partial charge in [0.1, 0.15) is 12.4 Å². The molecule has 210 valence electrons. The summed E-state index contributed by atoms with van der Waals surface area (Å²) in [5, 5.41) is 7.45. The Bertz CT molecular complexity index is 1580. The number of benzene rings is 2. The van der Waals surface area contributed by atoms with E-state index in [1.54, 1.807) is 34.3 Å². The van der Waals surface area contributed by atoms with Gasteiger partial charge in [-0.3, -0.25) is 5.32 Å². The zero-order valence-corrected chi connectivity index (χ0v) is 24.5. The number of amides is 1. The molecule has 4 aromatic rings. The molecule has 2 fully saturated rings. The minimum atomic E-state index is -0.279. The van der Waals surface area contributed by atoms with Gasteiger partial charge in [-0.05, 0) is 35.9 Å². The highest BCUT2D eigenvalue weighted by molar-refractivity contribution is 7.98. The lowest BCUT2D eigenvalue weighted by Gasteiger charge is -2.27. The van der Waals surface area contributed by atoms with Gasteiger partial charge in [-0.2, -0.15) is 0 Å². The fourth-order valence-corrected chi connectivity index (χ4v) is 6.75. The molecule has 1 amide bonds. The largest absolute Gasteiger partial charge is 0.445 e. The van der Waals surface area contributed by atoms with E-state index in [-0.39, 0.29) is 18.2 Å². The van der Waals surface area contributed by atoms with Crippen molar-refractivity contribution in [2.75, 3.05) is 38.2 Å². The van der Waals surface area contributed by atoms with Crippen LogP contribution in [-0.2, 0) is 15.2 Å². The van der Waals surface area contributed by atoms with Gasteiger partial charge in [0, 0.05) is 47.4 Å². The van der Waals surface area contributed by atoms with E-state index in [4.69, 9.17) is 21.1 Å². The average molecular weight is 606 g/mol. The van der Waals surface area contributed by atoms with Crippen LogP contribution in [0.25, 0.3) is 10.2 Å². The summed E-state index contributed by atoms with van der Waals surface area (Å²) in [5.41, 5.74) is 2.76. The number of carbonyl (C=O) groups is 1. The molecule has 41 heavy (non-hydrogen) atoms. The fourth-order valence-electron chi connectivity index (χ4n) is 4.59. The Kier molecular flexibility index (Phi) is 8.89. The Morgan fingerprint density at radius 1 is 1.20 bits per heavy atom. The predicted molar refractivity (Wildman–Crippen MR) is 164 cm³/mol. The van der Waals surface area contributed by atoms with Gasteiger partial charge in [0.25, 0.3) is 0 Å². The van der Waals surface area contributed by atoms with Crippen LogP contribution in [0.1, 0.15) is 16.9 Å². The Hall–Kier alpha value is -3.33. The van der Waals surface area contributed by atoms with Crippen molar-refractivity contribution in [3.05, 3.63) is 76.4 Å². The van der Waals surface area contributed by atoms with E-state index in [1.807, 2.05) is 42.5 Å². The Labute approximate surface area is 251 Å². The van der Waals surface area contributed by atoms with Crippen LogP contribution < -0.4 is 10.6 Å². The number of rotatable bonds is 6. The summed E-state index contributed by atoms with van der Waals surface area (Å²) >= 11 is 9.92. The lowest BCUT2D eigenvalue weighted by atomic mass is 10.2. The zero-order valence-electron chi connectivity index (χ0n) is 22.1. The first-order valence-electron chi connectivity index (χ1n) is 13.4. The molecule has 2 aliphatic rings. The number of thioether (sulfide) groups is 1. The molecule has 0 saturated carbocycles. The van der Waals surface area contributed by atoms with E-state index in [2.05, 4.69) is 44.6 Å². The average Bonchev–Trinajstić information content (AvgIpc) is 3.64. The molecule has 2 atom stereocenters. The van der Waals surface area contributed by atoms with Crippen molar-refractivity contribution in [3.63, 3.8) is 0 Å². The predicted octanol–water partition coefficient (Wildman–Crippen LogP) is 5.93. The monoisotopic (exact) mass is 605 g/mol. The second-order valence-electron chi connectivity index (χ2n) is 9.65. The second kappa shape index (κ2) is 13.1. The third kappa shape index (κ3) is 7.12. The van der Waals surface area contributed by atoms with E-state index in [1.165, 1.54) is 4.90 Å². The molecule has 0 spiro atoms. The van der Waals surface area contributed by atoms with E-state index in [0.717, 1.165) is 32.1 Å². The van der Waals surface area contributed by atoms with Crippen molar-refractivity contribution < 1.29 is 14.3 Å². The molecule has 6 rings (SSSR count). The Morgan fingerprint density at radius 2 is 2.05 bits per heavy atom. The molecule has 2 aromatic heterocycles. The van der Waals surface area contributed by atoms with Crippen molar-refractivity contribution >= 4 is 62.5 Å². The van der Waals surface area contributed by atoms with Crippen LogP contribution in [0.15, 0.2) is 65.8 Å². The van der Waals surface area contributed by atoms with Gasteiger partial charge in [-0.1, -0.05) is 47.7 Å². The van der Waals surface area contributed by atoms with E-state index in [0.29, 0.717) is 50.1 Å². The highest BCUT2D eigenvalue weighted by atomic mass is 35.5. The quantitative estimate of drug-likeness (QED) is 0.206. The maximum Gasteiger partial charge on any atom is 0.410 e. The number of nitrogens with one attached hydrogen (secondary N) is 2. The molecule has 4 heterocycles. The highest BCUT2D eigenvalue weighted by Gasteiger charge is 2.28. The molecule has 0 radical (unpaired) electrons. The van der Waals surface area contributed by atoms with Crippen molar-refractivity contribution in [3.8, 4) is 11.8 Å². The molecule has 2 aromatic carbocycles. The van der Waals surface area contributed by atoms with Gasteiger partial charge in [0.2, 0.25) is 0 Å². The smallest absolute Gasteiger partial charge is 0.410 e. The molecule has 0 bridgehead atoms. The first-order chi connectivity index (χ1) is 20.1. The van der Waals surface area contributed by atoms with Gasteiger partial charge < -0.3 is 19.7 Å². The summed E-state index contributed by atoms with van der Waals surface area (Å²) in [6, 6.07) is 18.2. The maximum atomic E-state index is 12.4. The topological polar surface area (TPSA) is 88.6 Å². The molecule has 2 N–H and O–H groups in total. The number of anilines is 2. The standard InChI is InChI=1S/C30H28ClN5O3S2/c31-26-15-22(7-6-20(26)18-40-24-4-2-1-3-5-24)35-29-28-27(33-19-34-29)16-25(41-28)9-8-21-14-23(17-32-21)39-30(37)36-10-12-38-13-11-36/h1-7,15-16,19,21,23,32H,10-14,17-18H2,(H,33,34,35). The molecule has 8 nitrogen and oxygen atoms in total. The van der Waals surface area contributed by atoms with Crippen LogP contribution in [0.4, 0.5) is 16.3 Å². The van der Waals surface area contributed by atoms with Crippen molar-refractivity contribution in [1.29, 1.82) is 0 Å². The van der Waals surface area contributed by atoms with Gasteiger partial charge in [0.15, 0.2) is 5.82 Å². The summed E-state index contributed by atoms with van der Waals surface area (Å²) < 4.78 is 11.9. The normalized spacial score (nSPS) is 18.6. The lowest BCUT2D eigenvalue weighted by molar-refractivity contribution is 0.0156. The van der Waals surface area contributed by atoms with Crippen molar-refractivity contribution in [2.45, 2.75) is 29.2 Å². The Balaban J connectivity index is 1.08. The molecular weight excluding hydrogens is 578 g/mol. The third-order valence-electron chi connectivity index (χ3n) is 6.76. The Morgan fingerprint density at radius 3 is 2.88 bits per heavy atom. The van der Waals surface area contributed by atoms with Crippen LogP contribution in [0.3, 0.4) is 0 Å². The van der Waals surface area contributed by atoms with Gasteiger partial charge in [0.05, 0.1) is 34.3 Å². The summed E-state index contributed by atoms with van der Waals surface area (Å²) in [6.07, 6.45) is 1.73. The first-order valence-corrected chi connectivity index (χ1v) is 15.5. The minimum Gasteiger partial charge on any atom is -0.445 e. The number of nitrogens with zero attached hydrogens (tertiary/aromatic N) is 3. The fraction of sp³-hybridized carbons (Fsp3) is 0.300. The zero-order chi connectivity index (χ0) is 28.0. The second-order valence-corrected chi connectivity index (χ2v) is 12.2. The summed E-state index contributed by atoms with van der Waals surface area (Å²) in [6.45, 7) is 2.84.